The van der Waals surface area contributed by atoms with Gasteiger partial charge in [-0.3, -0.25) is 4.79 Å². The van der Waals surface area contributed by atoms with Crippen LogP contribution in [-0.2, 0) is 14.8 Å². The summed E-state index contributed by atoms with van der Waals surface area (Å²) in [4.78, 5) is 13.5. The molecule has 0 saturated carbocycles. The molecule has 0 heterocycles. The molecule has 7 heteroatoms. The SMILES string of the molecule is COc1ccc(C)cc1S(=O)(=O)NCCN(C(C)=O)c1ccccc1. The number of rotatable bonds is 7. The minimum Gasteiger partial charge on any atom is -0.495 e. The molecule has 0 aromatic heterocycles. The summed E-state index contributed by atoms with van der Waals surface area (Å²) in [6.45, 7) is 3.58. The van der Waals surface area contributed by atoms with Gasteiger partial charge in [-0.2, -0.15) is 0 Å². The molecular weight excluding hydrogens is 340 g/mol. The highest BCUT2D eigenvalue weighted by Crippen LogP contribution is 2.24. The van der Waals surface area contributed by atoms with Crippen molar-refractivity contribution in [3.05, 3.63) is 54.1 Å². The summed E-state index contributed by atoms with van der Waals surface area (Å²) in [5.41, 5.74) is 1.54. The summed E-state index contributed by atoms with van der Waals surface area (Å²) >= 11 is 0. The number of hydrogen-bond donors (Lipinski definition) is 1. The second-order valence-electron chi connectivity index (χ2n) is 5.56. The topological polar surface area (TPSA) is 75.7 Å². The van der Waals surface area contributed by atoms with E-state index in [0.717, 1.165) is 11.3 Å². The third-order valence-corrected chi connectivity index (χ3v) is 5.17. The summed E-state index contributed by atoms with van der Waals surface area (Å²) < 4.78 is 32.8. The molecule has 0 atom stereocenters. The van der Waals surface area contributed by atoms with Gasteiger partial charge in [0.15, 0.2) is 0 Å². The van der Waals surface area contributed by atoms with Crippen molar-refractivity contribution in [1.29, 1.82) is 0 Å². The van der Waals surface area contributed by atoms with Gasteiger partial charge in [0.2, 0.25) is 15.9 Å². The lowest BCUT2D eigenvalue weighted by atomic mass is 10.2. The first-order valence-electron chi connectivity index (χ1n) is 7.82. The Morgan fingerprint density at radius 1 is 1.16 bits per heavy atom. The second kappa shape index (κ2) is 8.13. The molecule has 0 aliphatic carbocycles. The number of nitrogens with zero attached hydrogens (tertiary/aromatic N) is 1. The maximum absolute atomic E-state index is 12.6. The van der Waals surface area contributed by atoms with Crippen molar-refractivity contribution in [3.63, 3.8) is 0 Å². The number of methoxy groups -OCH3 is 1. The van der Waals surface area contributed by atoms with Crippen LogP contribution in [0.25, 0.3) is 0 Å². The van der Waals surface area contributed by atoms with Crippen molar-refractivity contribution in [2.75, 3.05) is 25.1 Å². The first-order valence-corrected chi connectivity index (χ1v) is 9.31. The number of sulfonamides is 1. The number of nitrogens with one attached hydrogen (secondary N) is 1. The monoisotopic (exact) mass is 362 g/mol. The molecule has 0 aliphatic heterocycles. The molecule has 1 amide bonds. The Labute approximate surface area is 148 Å². The van der Waals surface area contributed by atoms with Crippen molar-refractivity contribution in [2.45, 2.75) is 18.7 Å². The molecule has 0 unspecified atom stereocenters. The van der Waals surface area contributed by atoms with Gasteiger partial charge >= 0.3 is 0 Å². The van der Waals surface area contributed by atoms with Crippen LogP contribution in [0, 0.1) is 6.92 Å². The summed E-state index contributed by atoms with van der Waals surface area (Å²) in [5, 5.41) is 0. The van der Waals surface area contributed by atoms with Crippen LogP contribution in [0.4, 0.5) is 5.69 Å². The van der Waals surface area contributed by atoms with E-state index < -0.39 is 10.0 Å². The standard InChI is InChI=1S/C18H22N2O4S/c1-14-9-10-17(24-3)18(13-14)25(22,23)19-11-12-20(15(2)21)16-7-5-4-6-8-16/h4-10,13,19H,11-12H2,1-3H3. The molecule has 6 nitrogen and oxygen atoms in total. The Morgan fingerprint density at radius 3 is 2.44 bits per heavy atom. The highest BCUT2D eigenvalue weighted by Gasteiger charge is 2.20. The number of para-hydroxylation sites is 1. The normalized spacial score (nSPS) is 11.2. The molecule has 0 fully saturated rings. The quantitative estimate of drug-likeness (QED) is 0.820. The molecule has 0 aliphatic rings. The minimum atomic E-state index is -3.74. The van der Waals surface area contributed by atoms with Crippen molar-refractivity contribution in [1.82, 2.24) is 4.72 Å². The number of amides is 1. The average molecular weight is 362 g/mol. The van der Waals surface area contributed by atoms with Crippen LogP contribution in [0.2, 0.25) is 0 Å². The van der Waals surface area contributed by atoms with E-state index in [1.165, 1.54) is 18.9 Å². The number of anilines is 1. The van der Waals surface area contributed by atoms with Gasteiger partial charge in [0, 0.05) is 25.7 Å². The number of hydrogen-bond acceptors (Lipinski definition) is 4. The van der Waals surface area contributed by atoms with Gasteiger partial charge in [-0.05, 0) is 36.8 Å². The summed E-state index contributed by atoms with van der Waals surface area (Å²) in [7, 11) is -2.31. The average Bonchev–Trinajstić information content (AvgIpc) is 2.59. The van der Waals surface area contributed by atoms with Gasteiger partial charge in [-0.15, -0.1) is 0 Å². The van der Waals surface area contributed by atoms with Gasteiger partial charge in [-0.1, -0.05) is 24.3 Å². The van der Waals surface area contributed by atoms with Crippen LogP contribution in [0.3, 0.4) is 0 Å². The molecule has 2 rings (SSSR count). The van der Waals surface area contributed by atoms with Crippen LogP contribution >= 0.6 is 0 Å². The van der Waals surface area contributed by atoms with E-state index in [9.17, 15) is 13.2 Å². The van der Waals surface area contributed by atoms with E-state index in [-0.39, 0.29) is 29.6 Å². The molecule has 0 spiro atoms. The maximum Gasteiger partial charge on any atom is 0.244 e. The highest BCUT2D eigenvalue weighted by molar-refractivity contribution is 7.89. The third kappa shape index (κ3) is 4.80. The maximum atomic E-state index is 12.6. The predicted octanol–water partition coefficient (Wildman–Crippen LogP) is 2.34. The van der Waals surface area contributed by atoms with Crippen LogP contribution in [0.1, 0.15) is 12.5 Å². The van der Waals surface area contributed by atoms with Crippen molar-refractivity contribution >= 4 is 21.6 Å². The van der Waals surface area contributed by atoms with Crippen LogP contribution in [0.5, 0.6) is 5.75 Å². The van der Waals surface area contributed by atoms with Crippen LogP contribution < -0.4 is 14.4 Å². The summed E-state index contributed by atoms with van der Waals surface area (Å²) in [6.07, 6.45) is 0. The summed E-state index contributed by atoms with van der Waals surface area (Å²) in [6, 6.07) is 14.1. The van der Waals surface area contributed by atoms with Crippen molar-refractivity contribution < 1.29 is 17.9 Å². The first kappa shape index (κ1) is 19.0. The molecule has 0 radical (unpaired) electrons. The lowest BCUT2D eigenvalue weighted by Crippen LogP contribution is -2.37. The fraction of sp³-hybridized carbons (Fsp3) is 0.278. The largest absolute Gasteiger partial charge is 0.495 e. The second-order valence-corrected chi connectivity index (χ2v) is 7.29. The molecule has 134 valence electrons. The molecular formula is C18H22N2O4S. The van der Waals surface area contributed by atoms with E-state index in [2.05, 4.69) is 4.72 Å². The Balaban J connectivity index is 2.12. The lowest BCUT2D eigenvalue weighted by Gasteiger charge is -2.21. The van der Waals surface area contributed by atoms with Crippen molar-refractivity contribution in [2.24, 2.45) is 0 Å². The number of ether oxygens (including phenoxy) is 1. The van der Waals surface area contributed by atoms with E-state index in [1.54, 1.807) is 30.3 Å². The molecule has 0 bridgehead atoms. The zero-order valence-corrected chi connectivity index (χ0v) is 15.3. The molecule has 2 aromatic carbocycles. The number of carbonyl (C=O) groups is 1. The minimum absolute atomic E-state index is 0.0871. The molecule has 0 saturated heterocycles. The van der Waals surface area contributed by atoms with Gasteiger partial charge in [0.25, 0.3) is 0 Å². The van der Waals surface area contributed by atoms with Gasteiger partial charge in [-0.25, -0.2) is 13.1 Å². The van der Waals surface area contributed by atoms with Crippen molar-refractivity contribution in [3.8, 4) is 5.75 Å². The molecule has 2 aromatic rings. The van der Waals surface area contributed by atoms with Gasteiger partial charge in [0.05, 0.1) is 7.11 Å². The van der Waals surface area contributed by atoms with E-state index in [4.69, 9.17) is 4.74 Å². The van der Waals surface area contributed by atoms with E-state index in [1.807, 2.05) is 25.1 Å². The zero-order chi connectivity index (χ0) is 18.4. The fourth-order valence-corrected chi connectivity index (χ4v) is 3.71. The van der Waals surface area contributed by atoms with Crippen LogP contribution in [-0.4, -0.2) is 34.5 Å². The highest BCUT2D eigenvalue weighted by atomic mass is 32.2. The molecule has 1 N–H and O–H groups in total. The number of carbonyl (C=O) groups excluding carboxylic acids is 1. The van der Waals surface area contributed by atoms with Crippen LogP contribution in [0.15, 0.2) is 53.4 Å². The predicted molar refractivity (Wildman–Crippen MR) is 97.4 cm³/mol. The Hall–Kier alpha value is -2.38. The zero-order valence-electron chi connectivity index (χ0n) is 14.5. The third-order valence-electron chi connectivity index (χ3n) is 3.68. The Kier molecular flexibility index (Phi) is 6.17. The fourth-order valence-electron chi connectivity index (χ4n) is 2.44. The van der Waals surface area contributed by atoms with E-state index >= 15 is 0 Å². The smallest absolute Gasteiger partial charge is 0.244 e. The Morgan fingerprint density at radius 2 is 1.84 bits per heavy atom. The van der Waals surface area contributed by atoms with Gasteiger partial charge in [0.1, 0.15) is 10.6 Å². The molecule has 25 heavy (non-hydrogen) atoms. The Bertz CT molecular complexity index is 835. The first-order chi connectivity index (χ1) is 11.8. The number of aryl methyl sites for hydroxylation is 1. The van der Waals surface area contributed by atoms with Gasteiger partial charge < -0.3 is 9.64 Å². The lowest BCUT2D eigenvalue weighted by molar-refractivity contribution is -0.116. The summed E-state index contributed by atoms with van der Waals surface area (Å²) in [5.74, 6) is 0.128. The van der Waals surface area contributed by atoms with E-state index in [0.29, 0.717) is 0 Å². The number of benzene rings is 2.